The summed E-state index contributed by atoms with van der Waals surface area (Å²) in [5, 5.41) is 24.1. The number of hydrogen-bond acceptors (Lipinski definition) is 5. The molecule has 1 amide bonds. The Morgan fingerprint density at radius 2 is 1.80 bits per heavy atom. The highest BCUT2D eigenvalue weighted by molar-refractivity contribution is 6.01. The smallest absolute Gasteiger partial charge is 0.262 e. The van der Waals surface area contributed by atoms with Gasteiger partial charge in [-0.2, -0.15) is 5.26 Å². The molecule has 7 nitrogen and oxygen atoms in total. The number of amides is 1. The van der Waals surface area contributed by atoms with Crippen LogP contribution in [0.25, 0.3) is 28.1 Å². The van der Waals surface area contributed by atoms with Gasteiger partial charge in [0.05, 0.1) is 6.10 Å². The number of carbonyl (C=O) groups excluding carboxylic acids is 1. The van der Waals surface area contributed by atoms with Crippen LogP contribution in [0.3, 0.4) is 0 Å². The predicted octanol–water partition coefficient (Wildman–Crippen LogP) is 3.39. The van der Waals surface area contributed by atoms with E-state index in [0.717, 1.165) is 43.1 Å². The predicted molar refractivity (Wildman–Crippen MR) is 141 cm³/mol. The molecule has 182 valence electrons. The van der Waals surface area contributed by atoms with E-state index in [4.69, 9.17) is 0 Å². The summed E-state index contributed by atoms with van der Waals surface area (Å²) in [6.45, 7) is 6.21. The second-order valence-corrected chi connectivity index (χ2v) is 9.18. The van der Waals surface area contributed by atoms with Crippen LogP contribution < -0.4 is 10.2 Å². The molecular formula is C28H33N5O2. The molecular weight excluding hydrogens is 438 g/mol. The molecule has 35 heavy (non-hydrogen) atoms. The summed E-state index contributed by atoms with van der Waals surface area (Å²) >= 11 is 0. The lowest BCUT2D eigenvalue weighted by atomic mass is 10.0. The number of rotatable bonds is 7. The van der Waals surface area contributed by atoms with Crippen LogP contribution in [-0.4, -0.2) is 66.4 Å². The molecule has 2 N–H and O–H groups in total. The summed E-state index contributed by atoms with van der Waals surface area (Å²) in [5.41, 5.74) is 4.10. The normalized spacial score (nSPS) is 15.7. The van der Waals surface area contributed by atoms with Crippen molar-refractivity contribution in [3.05, 3.63) is 59.8 Å². The van der Waals surface area contributed by atoms with Crippen molar-refractivity contribution in [2.75, 3.05) is 44.7 Å². The number of piperazine rings is 1. The average molecular weight is 472 g/mol. The molecule has 0 saturated carbocycles. The molecule has 1 aliphatic heterocycles. The number of anilines is 1. The SMILES string of the molecule is CCC(O)CNC(=O)/C(C#N)=C/c1ccc(-c2ccc3cc(N4CCN(C)CC4)ccc3c2)n1C. The van der Waals surface area contributed by atoms with Gasteiger partial charge in [0.15, 0.2) is 0 Å². The number of fused-ring (bicyclic) bond motifs is 1. The average Bonchev–Trinajstić information content (AvgIpc) is 3.25. The van der Waals surface area contributed by atoms with Gasteiger partial charge in [-0.25, -0.2) is 0 Å². The van der Waals surface area contributed by atoms with Crippen LogP contribution in [0.15, 0.2) is 54.1 Å². The van der Waals surface area contributed by atoms with Gasteiger partial charge in [0.1, 0.15) is 11.6 Å². The molecule has 1 aromatic heterocycles. The molecule has 4 rings (SSSR count). The van der Waals surface area contributed by atoms with Gasteiger partial charge >= 0.3 is 0 Å². The van der Waals surface area contributed by atoms with Crippen LogP contribution in [-0.2, 0) is 11.8 Å². The van der Waals surface area contributed by atoms with E-state index in [1.54, 1.807) is 6.08 Å². The van der Waals surface area contributed by atoms with E-state index in [1.807, 2.05) is 36.7 Å². The number of aromatic nitrogens is 1. The van der Waals surface area contributed by atoms with E-state index in [9.17, 15) is 15.2 Å². The van der Waals surface area contributed by atoms with Gasteiger partial charge in [-0.3, -0.25) is 4.79 Å². The molecule has 2 aromatic carbocycles. The third kappa shape index (κ3) is 5.56. The fourth-order valence-corrected chi connectivity index (χ4v) is 4.36. The molecule has 7 heteroatoms. The molecule has 0 aliphatic carbocycles. The van der Waals surface area contributed by atoms with Crippen molar-refractivity contribution >= 4 is 28.4 Å². The van der Waals surface area contributed by atoms with E-state index in [0.29, 0.717) is 6.42 Å². The van der Waals surface area contributed by atoms with Crippen LogP contribution in [0.5, 0.6) is 0 Å². The minimum Gasteiger partial charge on any atom is -0.391 e. The van der Waals surface area contributed by atoms with Gasteiger partial charge in [0, 0.05) is 56.8 Å². The molecule has 1 saturated heterocycles. The molecule has 0 radical (unpaired) electrons. The number of aliphatic hydroxyl groups excluding tert-OH is 1. The third-order valence-electron chi connectivity index (χ3n) is 6.78. The van der Waals surface area contributed by atoms with E-state index < -0.39 is 12.0 Å². The second-order valence-electron chi connectivity index (χ2n) is 9.18. The fraction of sp³-hybridized carbons (Fsp3) is 0.357. The molecule has 0 spiro atoms. The van der Waals surface area contributed by atoms with Gasteiger partial charge in [-0.05, 0) is 66.2 Å². The van der Waals surface area contributed by atoms with Gasteiger partial charge in [-0.1, -0.05) is 25.1 Å². The number of carbonyl (C=O) groups is 1. The Hall–Kier alpha value is -3.60. The maximum Gasteiger partial charge on any atom is 0.262 e. The van der Waals surface area contributed by atoms with Gasteiger partial charge in [0.25, 0.3) is 5.91 Å². The first-order chi connectivity index (χ1) is 16.9. The Balaban J connectivity index is 1.55. The van der Waals surface area contributed by atoms with Gasteiger partial charge in [0.2, 0.25) is 0 Å². The molecule has 1 aliphatic rings. The maximum absolute atomic E-state index is 12.4. The summed E-state index contributed by atoms with van der Waals surface area (Å²) in [6, 6.07) is 19.0. The van der Waals surface area contributed by atoms with Crippen LogP contribution >= 0.6 is 0 Å². The molecule has 3 aromatic rings. The van der Waals surface area contributed by atoms with E-state index in [2.05, 4.69) is 58.6 Å². The van der Waals surface area contributed by atoms with Crippen molar-refractivity contribution in [1.82, 2.24) is 14.8 Å². The Labute approximate surface area is 206 Å². The highest BCUT2D eigenvalue weighted by atomic mass is 16.3. The molecule has 1 unspecified atom stereocenters. The number of nitrogens with zero attached hydrogens (tertiary/aromatic N) is 4. The summed E-state index contributed by atoms with van der Waals surface area (Å²) in [5.74, 6) is -0.482. The fourth-order valence-electron chi connectivity index (χ4n) is 4.36. The zero-order chi connectivity index (χ0) is 24.9. The highest BCUT2D eigenvalue weighted by Gasteiger charge is 2.15. The van der Waals surface area contributed by atoms with Crippen LogP contribution in [0, 0.1) is 11.3 Å². The van der Waals surface area contributed by atoms with E-state index >= 15 is 0 Å². The molecule has 1 atom stereocenters. The summed E-state index contributed by atoms with van der Waals surface area (Å²) < 4.78 is 1.98. The molecule has 0 bridgehead atoms. The number of nitriles is 1. The number of aliphatic hydroxyl groups is 1. The van der Waals surface area contributed by atoms with Crippen molar-refractivity contribution in [3.8, 4) is 17.3 Å². The topological polar surface area (TPSA) is 84.5 Å². The van der Waals surface area contributed by atoms with Crippen molar-refractivity contribution < 1.29 is 9.90 Å². The van der Waals surface area contributed by atoms with Crippen molar-refractivity contribution in [2.45, 2.75) is 19.4 Å². The zero-order valence-corrected chi connectivity index (χ0v) is 20.7. The van der Waals surface area contributed by atoms with Crippen molar-refractivity contribution in [3.63, 3.8) is 0 Å². The summed E-state index contributed by atoms with van der Waals surface area (Å²) in [7, 11) is 4.09. The Kier molecular flexibility index (Phi) is 7.54. The van der Waals surface area contributed by atoms with E-state index in [-0.39, 0.29) is 12.1 Å². The number of nitrogens with one attached hydrogen (secondary N) is 1. The largest absolute Gasteiger partial charge is 0.391 e. The second kappa shape index (κ2) is 10.8. The number of benzene rings is 2. The Morgan fingerprint density at radius 1 is 1.09 bits per heavy atom. The minimum absolute atomic E-state index is 0.0102. The first kappa shape index (κ1) is 24.5. The van der Waals surface area contributed by atoms with Crippen molar-refractivity contribution in [2.24, 2.45) is 7.05 Å². The lowest BCUT2D eigenvalue weighted by molar-refractivity contribution is -0.117. The monoisotopic (exact) mass is 471 g/mol. The molecule has 1 fully saturated rings. The minimum atomic E-state index is -0.619. The lowest BCUT2D eigenvalue weighted by Gasteiger charge is -2.34. The first-order valence-corrected chi connectivity index (χ1v) is 12.1. The highest BCUT2D eigenvalue weighted by Crippen LogP contribution is 2.29. The Morgan fingerprint density at radius 3 is 2.51 bits per heavy atom. The number of likely N-dealkylation sites (N-methyl/N-ethyl adjacent to an activating group) is 1. The van der Waals surface area contributed by atoms with E-state index in [1.165, 1.54) is 16.5 Å². The number of hydrogen-bond donors (Lipinski definition) is 2. The summed E-state index contributed by atoms with van der Waals surface area (Å²) in [6.07, 6.45) is 1.50. The molecule has 2 heterocycles. The van der Waals surface area contributed by atoms with Gasteiger partial charge < -0.3 is 24.8 Å². The first-order valence-electron chi connectivity index (χ1n) is 12.1. The Bertz CT molecular complexity index is 1280. The van der Waals surface area contributed by atoms with Crippen LogP contribution in [0.2, 0.25) is 0 Å². The van der Waals surface area contributed by atoms with Crippen molar-refractivity contribution in [1.29, 1.82) is 5.26 Å². The maximum atomic E-state index is 12.4. The quantitative estimate of drug-likeness (QED) is 0.408. The van der Waals surface area contributed by atoms with Crippen LogP contribution in [0.4, 0.5) is 5.69 Å². The van der Waals surface area contributed by atoms with Crippen LogP contribution in [0.1, 0.15) is 19.0 Å². The standard InChI is InChI=1S/C28H33N5O2/c1-4-26(34)19-30-28(35)23(18-29)17-24-9-10-27(32(24)3)22-6-5-21-16-25(8-7-20(21)15-22)33-13-11-31(2)12-14-33/h5-10,15-17,26,34H,4,11-14,19H2,1-3H3,(H,30,35)/b23-17+. The third-order valence-corrected chi connectivity index (χ3v) is 6.78. The van der Waals surface area contributed by atoms with Gasteiger partial charge in [-0.15, -0.1) is 0 Å². The summed E-state index contributed by atoms with van der Waals surface area (Å²) in [4.78, 5) is 17.2. The zero-order valence-electron chi connectivity index (χ0n) is 20.7. The lowest BCUT2D eigenvalue weighted by Crippen LogP contribution is -2.44.